The fourth-order valence-electron chi connectivity index (χ4n) is 4.10. The Hall–Kier alpha value is -2.60. The van der Waals surface area contributed by atoms with Gasteiger partial charge in [0.1, 0.15) is 12.6 Å². The first-order chi connectivity index (χ1) is 16.0. The van der Waals surface area contributed by atoms with Crippen molar-refractivity contribution in [3.05, 3.63) is 71.3 Å². The quantitative estimate of drug-likeness (QED) is 0.636. The van der Waals surface area contributed by atoms with E-state index in [1.807, 2.05) is 42.5 Å². The van der Waals surface area contributed by atoms with Crippen LogP contribution in [0.2, 0.25) is 0 Å². The highest BCUT2D eigenvalue weighted by Gasteiger charge is 2.28. The van der Waals surface area contributed by atoms with E-state index in [-0.39, 0.29) is 17.6 Å². The summed E-state index contributed by atoms with van der Waals surface area (Å²) in [5.74, 6) is -0.605. The number of rotatable bonds is 5. The molecule has 0 radical (unpaired) electrons. The molecular weight excluding hydrogens is 434 g/mol. The van der Waals surface area contributed by atoms with Crippen LogP contribution in [0.5, 0.6) is 0 Å². The van der Waals surface area contributed by atoms with Crippen LogP contribution in [-0.4, -0.2) is 28.8 Å². The lowest BCUT2D eigenvalue weighted by molar-refractivity contribution is -0.149. The Kier molecular flexibility index (Phi) is 10.0. The van der Waals surface area contributed by atoms with Crippen LogP contribution in [0.1, 0.15) is 55.7 Å². The number of carbonyl (C=O) groups excluding carboxylic acids is 3. The third-order valence-corrected chi connectivity index (χ3v) is 6.93. The summed E-state index contributed by atoms with van der Waals surface area (Å²) in [5.41, 5.74) is 3.32. The minimum atomic E-state index is -0.679. The maximum Gasteiger partial charge on any atom is 0.328 e. The van der Waals surface area contributed by atoms with Gasteiger partial charge in [-0.05, 0) is 42.4 Å². The van der Waals surface area contributed by atoms with E-state index in [9.17, 15) is 14.4 Å². The number of carbonyl (C=O) groups is 3. The number of nitrogens with one attached hydrogen (secondary N) is 1. The summed E-state index contributed by atoms with van der Waals surface area (Å²) in [5, 5.41) is 2.94. The van der Waals surface area contributed by atoms with Gasteiger partial charge in [0.15, 0.2) is 5.12 Å². The Labute approximate surface area is 200 Å². The molecule has 0 fully saturated rings. The lowest BCUT2D eigenvalue weighted by Gasteiger charge is -2.22. The van der Waals surface area contributed by atoms with E-state index in [1.165, 1.54) is 12.5 Å². The highest BCUT2D eigenvalue weighted by atomic mass is 32.2. The number of hydrogen-bond donors (Lipinski definition) is 1. The van der Waals surface area contributed by atoms with Crippen LogP contribution in [0.3, 0.4) is 0 Å². The molecule has 0 saturated carbocycles. The number of fused-ring (bicyclic) bond motifs is 1. The second-order valence-electron chi connectivity index (χ2n) is 8.58. The van der Waals surface area contributed by atoms with Crippen LogP contribution in [0.15, 0.2) is 54.6 Å². The second kappa shape index (κ2) is 13.2. The highest BCUT2D eigenvalue weighted by molar-refractivity contribution is 8.13. The summed E-state index contributed by atoms with van der Waals surface area (Å²) in [7, 11) is 0. The average molecular weight is 468 g/mol. The molecule has 1 N–H and O–H groups in total. The first-order valence-corrected chi connectivity index (χ1v) is 12.7. The van der Waals surface area contributed by atoms with E-state index in [1.54, 1.807) is 0 Å². The first-order valence-electron chi connectivity index (χ1n) is 11.7. The lowest BCUT2D eigenvalue weighted by atomic mass is 9.93. The summed E-state index contributed by atoms with van der Waals surface area (Å²) in [6, 6.07) is 17.1. The predicted octanol–water partition coefficient (Wildman–Crippen LogP) is 4.86. The summed E-state index contributed by atoms with van der Waals surface area (Å²) < 4.78 is 5.54. The number of hydrogen-bond acceptors (Lipinski definition) is 5. The third-order valence-electron chi connectivity index (χ3n) is 5.96. The van der Waals surface area contributed by atoms with Gasteiger partial charge in [-0.15, -0.1) is 0 Å². The molecule has 0 saturated heterocycles. The van der Waals surface area contributed by atoms with E-state index >= 15 is 0 Å². The van der Waals surface area contributed by atoms with Crippen molar-refractivity contribution < 1.29 is 19.1 Å². The molecule has 1 heterocycles. The van der Waals surface area contributed by atoms with Crippen molar-refractivity contribution in [2.24, 2.45) is 5.92 Å². The summed E-state index contributed by atoms with van der Waals surface area (Å²) >= 11 is 1.16. The van der Waals surface area contributed by atoms with Crippen molar-refractivity contribution in [3.63, 3.8) is 0 Å². The molecule has 1 aliphatic heterocycles. The number of benzene rings is 2. The van der Waals surface area contributed by atoms with E-state index < -0.39 is 17.9 Å². The summed E-state index contributed by atoms with van der Waals surface area (Å²) in [6.45, 7) is 1.70. The number of esters is 1. The smallest absolute Gasteiger partial charge is 0.328 e. The van der Waals surface area contributed by atoms with Gasteiger partial charge < -0.3 is 10.1 Å². The van der Waals surface area contributed by atoms with Crippen LogP contribution in [0.25, 0.3) is 0 Å². The molecule has 176 valence electrons. The maximum atomic E-state index is 13.3. The topological polar surface area (TPSA) is 72.5 Å². The van der Waals surface area contributed by atoms with Crippen molar-refractivity contribution in [1.82, 2.24) is 5.32 Å². The molecule has 33 heavy (non-hydrogen) atoms. The Bertz CT molecular complexity index is 931. The Balaban J connectivity index is 1.75. The van der Waals surface area contributed by atoms with E-state index in [0.29, 0.717) is 18.6 Å². The number of thioether (sulfide) groups is 1. The molecule has 0 spiro atoms. The zero-order valence-corrected chi connectivity index (χ0v) is 20.1. The van der Waals surface area contributed by atoms with Gasteiger partial charge >= 0.3 is 5.97 Å². The molecule has 1 aliphatic rings. The average Bonchev–Trinajstić information content (AvgIpc) is 2.83. The largest absolute Gasteiger partial charge is 0.459 e. The number of ether oxygens (including phenoxy) is 1. The van der Waals surface area contributed by atoms with Crippen LogP contribution in [-0.2, 0) is 38.6 Å². The molecular formula is C27H33NO4S. The molecule has 6 heteroatoms. The van der Waals surface area contributed by atoms with Crippen molar-refractivity contribution >= 4 is 28.8 Å². The van der Waals surface area contributed by atoms with Crippen LogP contribution in [0.4, 0.5) is 0 Å². The van der Waals surface area contributed by atoms with Gasteiger partial charge in [0.2, 0.25) is 5.91 Å². The van der Waals surface area contributed by atoms with E-state index in [2.05, 4.69) is 17.4 Å². The van der Waals surface area contributed by atoms with Gasteiger partial charge in [0.25, 0.3) is 0 Å². The van der Waals surface area contributed by atoms with Gasteiger partial charge in [0, 0.05) is 12.7 Å². The molecule has 2 aromatic carbocycles. The number of aryl methyl sites for hydroxylation is 1. The van der Waals surface area contributed by atoms with Crippen molar-refractivity contribution in [1.29, 1.82) is 0 Å². The van der Waals surface area contributed by atoms with Gasteiger partial charge in [-0.25, -0.2) is 4.79 Å². The minimum Gasteiger partial charge on any atom is -0.459 e. The molecule has 2 aromatic rings. The maximum absolute atomic E-state index is 13.3. The predicted molar refractivity (Wildman–Crippen MR) is 132 cm³/mol. The number of amides is 1. The van der Waals surface area contributed by atoms with Gasteiger partial charge in [0.05, 0.1) is 5.92 Å². The van der Waals surface area contributed by atoms with Crippen molar-refractivity contribution in [3.8, 4) is 0 Å². The van der Waals surface area contributed by atoms with Gasteiger partial charge in [-0.2, -0.15) is 0 Å². The Morgan fingerprint density at radius 3 is 2.42 bits per heavy atom. The second-order valence-corrected chi connectivity index (χ2v) is 9.78. The molecule has 5 nitrogen and oxygen atoms in total. The monoisotopic (exact) mass is 467 g/mol. The summed E-state index contributed by atoms with van der Waals surface area (Å²) in [6.07, 6.45) is 6.09. The molecule has 0 unspecified atom stereocenters. The molecule has 0 bridgehead atoms. The van der Waals surface area contributed by atoms with Crippen molar-refractivity contribution in [2.75, 3.05) is 5.75 Å². The fourth-order valence-corrected chi connectivity index (χ4v) is 4.80. The van der Waals surface area contributed by atoms with Crippen LogP contribution in [0, 0.1) is 5.92 Å². The van der Waals surface area contributed by atoms with Gasteiger partial charge in [-0.3, -0.25) is 9.59 Å². The third kappa shape index (κ3) is 8.35. The molecule has 0 aromatic heterocycles. The zero-order valence-electron chi connectivity index (χ0n) is 19.3. The highest BCUT2D eigenvalue weighted by Crippen LogP contribution is 2.22. The SMILES string of the molecule is CC(=O)SC[C@H]1Cc2ccccc2CCCCCC[C@@H](C(=O)OCc2ccccc2)NC1=O. The first kappa shape index (κ1) is 25.0. The van der Waals surface area contributed by atoms with Crippen LogP contribution < -0.4 is 5.32 Å². The fraction of sp³-hybridized carbons (Fsp3) is 0.444. The Morgan fingerprint density at radius 1 is 0.970 bits per heavy atom. The Morgan fingerprint density at radius 2 is 1.67 bits per heavy atom. The molecule has 0 aliphatic carbocycles. The van der Waals surface area contributed by atoms with Crippen LogP contribution >= 0.6 is 11.8 Å². The molecule has 3 rings (SSSR count). The normalized spacial score (nSPS) is 19.7. The van der Waals surface area contributed by atoms with Crippen molar-refractivity contribution in [2.45, 2.75) is 64.5 Å². The molecule has 2 atom stereocenters. The van der Waals surface area contributed by atoms with E-state index in [4.69, 9.17) is 4.74 Å². The molecule has 1 amide bonds. The summed E-state index contributed by atoms with van der Waals surface area (Å²) in [4.78, 5) is 37.8. The minimum absolute atomic E-state index is 0.0159. The van der Waals surface area contributed by atoms with E-state index in [0.717, 1.165) is 55.0 Å². The standard InChI is InChI=1S/C27H33NO4S/c1-20(29)33-19-24-17-23-15-10-9-14-22(23)13-7-2-3-8-16-25(28-26(24)30)27(31)32-18-21-11-5-4-6-12-21/h4-6,9-12,14-15,24-25H,2-3,7-8,13,16-19H2,1H3,(H,28,30)/t24-,25+/m1/s1. The van der Waals surface area contributed by atoms with Gasteiger partial charge in [-0.1, -0.05) is 85.6 Å². The lowest BCUT2D eigenvalue weighted by Crippen LogP contribution is -2.45. The zero-order chi connectivity index (χ0) is 23.5.